The zero-order chi connectivity index (χ0) is 18.3. The first-order valence-corrected chi connectivity index (χ1v) is 10.2. The Morgan fingerprint density at radius 1 is 1.15 bits per heavy atom. The third-order valence-corrected chi connectivity index (χ3v) is 6.58. The molecule has 3 aliphatic rings. The SMILES string of the molecule is Cc1cc(N2CCCCC2C)ccc1NC(=O)N1CC[C@@H]2CN(C)C[C@@H]21. The molecule has 3 heterocycles. The molecule has 1 N–H and O–H groups in total. The fourth-order valence-corrected chi connectivity index (χ4v) is 5.06. The summed E-state index contributed by atoms with van der Waals surface area (Å²) in [6, 6.07) is 7.53. The van der Waals surface area contributed by atoms with Crippen LogP contribution in [0.4, 0.5) is 16.2 Å². The van der Waals surface area contributed by atoms with Gasteiger partial charge >= 0.3 is 6.03 Å². The van der Waals surface area contributed by atoms with E-state index in [1.807, 2.05) is 4.90 Å². The molecule has 3 atom stereocenters. The molecular formula is C21H32N4O. The van der Waals surface area contributed by atoms with E-state index in [4.69, 9.17) is 0 Å². The van der Waals surface area contributed by atoms with Crippen LogP contribution in [0, 0.1) is 12.8 Å². The second kappa shape index (κ2) is 7.10. The normalized spacial score (nSPS) is 29.1. The van der Waals surface area contributed by atoms with Gasteiger partial charge in [-0.25, -0.2) is 4.79 Å². The molecule has 142 valence electrons. The number of hydrogen-bond acceptors (Lipinski definition) is 3. The fourth-order valence-electron chi connectivity index (χ4n) is 5.06. The average Bonchev–Trinajstić information content (AvgIpc) is 3.16. The van der Waals surface area contributed by atoms with Gasteiger partial charge in [0.05, 0.1) is 6.04 Å². The minimum absolute atomic E-state index is 0.0648. The van der Waals surface area contributed by atoms with Gasteiger partial charge in [-0.2, -0.15) is 0 Å². The molecule has 0 bridgehead atoms. The Morgan fingerprint density at radius 2 is 2.00 bits per heavy atom. The van der Waals surface area contributed by atoms with Crippen molar-refractivity contribution in [3.63, 3.8) is 0 Å². The summed E-state index contributed by atoms with van der Waals surface area (Å²) in [7, 11) is 2.15. The third-order valence-electron chi connectivity index (χ3n) is 6.58. The van der Waals surface area contributed by atoms with E-state index in [0.717, 1.165) is 43.9 Å². The third kappa shape index (κ3) is 3.29. The van der Waals surface area contributed by atoms with Crippen LogP contribution in [0.2, 0.25) is 0 Å². The zero-order valence-electron chi connectivity index (χ0n) is 16.4. The van der Waals surface area contributed by atoms with Crippen LogP contribution in [0.1, 0.15) is 38.2 Å². The number of nitrogens with one attached hydrogen (secondary N) is 1. The Bertz CT molecular complexity index is 676. The average molecular weight is 357 g/mol. The van der Waals surface area contributed by atoms with Crippen LogP contribution in [0.25, 0.3) is 0 Å². The van der Waals surface area contributed by atoms with Gasteiger partial charge in [0.1, 0.15) is 0 Å². The molecule has 0 saturated carbocycles. The number of nitrogens with zero attached hydrogens (tertiary/aromatic N) is 3. The number of likely N-dealkylation sites (tertiary alicyclic amines) is 2. The summed E-state index contributed by atoms with van der Waals surface area (Å²) in [5.41, 5.74) is 3.37. The molecule has 0 aromatic heterocycles. The van der Waals surface area contributed by atoms with E-state index in [1.165, 1.54) is 24.9 Å². The van der Waals surface area contributed by atoms with Gasteiger partial charge in [0, 0.05) is 43.6 Å². The summed E-state index contributed by atoms with van der Waals surface area (Å²) < 4.78 is 0. The van der Waals surface area contributed by atoms with Gasteiger partial charge in [0.25, 0.3) is 0 Å². The standard InChI is InChI=1S/C21H32N4O/c1-15-12-18(24-10-5-4-6-16(24)2)7-8-19(15)22-21(26)25-11-9-17-13-23(3)14-20(17)25/h7-8,12,16-17,20H,4-6,9-11,13-14H2,1-3H3,(H,22,26)/t16?,17-,20+/m1/s1. The molecule has 3 fully saturated rings. The largest absolute Gasteiger partial charge is 0.369 e. The van der Waals surface area contributed by atoms with Crippen molar-refractivity contribution in [1.29, 1.82) is 0 Å². The predicted octanol–water partition coefficient (Wildman–Crippen LogP) is 3.54. The number of urea groups is 1. The van der Waals surface area contributed by atoms with Crippen molar-refractivity contribution in [2.24, 2.45) is 5.92 Å². The highest BCUT2D eigenvalue weighted by atomic mass is 16.2. The zero-order valence-corrected chi connectivity index (χ0v) is 16.4. The number of fused-ring (bicyclic) bond motifs is 1. The second-order valence-corrected chi connectivity index (χ2v) is 8.50. The van der Waals surface area contributed by atoms with E-state index in [-0.39, 0.29) is 6.03 Å². The molecular weight excluding hydrogens is 324 g/mol. The number of piperidine rings is 1. The number of aryl methyl sites for hydroxylation is 1. The molecule has 0 aliphatic carbocycles. The molecule has 1 aromatic rings. The summed E-state index contributed by atoms with van der Waals surface area (Å²) in [5, 5.41) is 3.17. The number of carbonyl (C=O) groups excluding carboxylic acids is 1. The van der Waals surface area contributed by atoms with E-state index in [9.17, 15) is 4.79 Å². The predicted molar refractivity (Wildman–Crippen MR) is 107 cm³/mol. The van der Waals surface area contributed by atoms with Crippen molar-refractivity contribution in [3.05, 3.63) is 23.8 Å². The maximum Gasteiger partial charge on any atom is 0.322 e. The van der Waals surface area contributed by atoms with Crippen LogP contribution < -0.4 is 10.2 Å². The Kier molecular flexibility index (Phi) is 4.82. The van der Waals surface area contributed by atoms with Crippen LogP contribution in [0.5, 0.6) is 0 Å². The summed E-state index contributed by atoms with van der Waals surface area (Å²) >= 11 is 0. The summed E-state index contributed by atoms with van der Waals surface area (Å²) in [4.78, 5) is 19.7. The quantitative estimate of drug-likeness (QED) is 0.881. The van der Waals surface area contributed by atoms with Gasteiger partial charge in [-0.15, -0.1) is 0 Å². The Morgan fingerprint density at radius 3 is 2.77 bits per heavy atom. The van der Waals surface area contributed by atoms with Gasteiger partial charge < -0.3 is 20.0 Å². The van der Waals surface area contributed by atoms with Crippen LogP contribution >= 0.6 is 0 Å². The van der Waals surface area contributed by atoms with Crippen LogP contribution in [-0.2, 0) is 0 Å². The van der Waals surface area contributed by atoms with E-state index in [1.54, 1.807) is 0 Å². The van der Waals surface area contributed by atoms with Crippen LogP contribution in [0.3, 0.4) is 0 Å². The number of amides is 2. The van der Waals surface area contributed by atoms with Crippen molar-refractivity contribution in [2.45, 2.75) is 51.6 Å². The maximum atomic E-state index is 12.8. The highest BCUT2D eigenvalue weighted by Gasteiger charge is 2.42. The number of rotatable bonds is 2. The van der Waals surface area contributed by atoms with Gasteiger partial charge in [-0.1, -0.05) is 0 Å². The van der Waals surface area contributed by atoms with Crippen molar-refractivity contribution >= 4 is 17.4 Å². The lowest BCUT2D eigenvalue weighted by molar-refractivity contribution is 0.202. The first-order chi connectivity index (χ1) is 12.5. The van der Waals surface area contributed by atoms with Gasteiger partial charge in [0.2, 0.25) is 0 Å². The fraction of sp³-hybridized carbons (Fsp3) is 0.667. The number of anilines is 2. The maximum absolute atomic E-state index is 12.8. The molecule has 3 aliphatic heterocycles. The van der Waals surface area contributed by atoms with Crippen molar-refractivity contribution in [1.82, 2.24) is 9.80 Å². The molecule has 3 saturated heterocycles. The van der Waals surface area contributed by atoms with Crippen LogP contribution in [0.15, 0.2) is 18.2 Å². The van der Waals surface area contributed by atoms with E-state index >= 15 is 0 Å². The molecule has 5 heteroatoms. The number of likely N-dealkylation sites (N-methyl/N-ethyl adjacent to an activating group) is 1. The number of benzene rings is 1. The molecule has 0 spiro atoms. The molecule has 4 rings (SSSR count). The minimum Gasteiger partial charge on any atom is -0.369 e. The lowest BCUT2D eigenvalue weighted by Gasteiger charge is -2.35. The lowest BCUT2D eigenvalue weighted by Crippen LogP contribution is -2.42. The Labute approximate surface area is 157 Å². The minimum atomic E-state index is 0.0648. The number of carbonyl (C=O) groups is 1. The lowest BCUT2D eigenvalue weighted by atomic mass is 10.0. The monoisotopic (exact) mass is 356 g/mol. The molecule has 5 nitrogen and oxygen atoms in total. The van der Waals surface area contributed by atoms with Gasteiger partial charge in [0.15, 0.2) is 0 Å². The molecule has 0 radical (unpaired) electrons. The Balaban J connectivity index is 1.44. The van der Waals surface area contributed by atoms with E-state index < -0.39 is 0 Å². The second-order valence-electron chi connectivity index (χ2n) is 8.50. The molecule has 1 aromatic carbocycles. The summed E-state index contributed by atoms with van der Waals surface area (Å²) in [6.07, 6.45) is 5.00. The number of hydrogen-bond donors (Lipinski definition) is 1. The van der Waals surface area contributed by atoms with Crippen molar-refractivity contribution in [3.8, 4) is 0 Å². The first kappa shape index (κ1) is 17.7. The Hall–Kier alpha value is -1.75. The van der Waals surface area contributed by atoms with E-state index in [2.05, 4.69) is 54.2 Å². The summed E-state index contributed by atoms with van der Waals surface area (Å²) in [5.74, 6) is 0.648. The molecule has 1 unspecified atom stereocenters. The van der Waals surface area contributed by atoms with Crippen molar-refractivity contribution in [2.75, 3.05) is 43.4 Å². The van der Waals surface area contributed by atoms with Crippen molar-refractivity contribution < 1.29 is 4.79 Å². The van der Waals surface area contributed by atoms with E-state index in [0.29, 0.717) is 18.0 Å². The van der Waals surface area contributed by atoms with Crippen LogP contribution in [-0.4, -0.2) is 61.1 Å². The summed E-state index contributed by atoms with van der Waals surface area (Å²) in [6.45, 7) is 8.56. The molecule has 26 heavy (non-hydrogen) atoms. The smallest absolute Gasteiger partial charge is 0.322 e. The first-order valence-electron chi connectivity index (χ1n) is 10.2. The van der Waals surface area contributed by atoms with Gasteiger partial charge in [-0.05, 0) is 76.3 Å². The highest BCUT2D eigenvalue weighted by Crippen LogP contribution is 2.32. The highest BCUT2D eigenvalue weighted by molar-refractivity contribution is 5.91. The molecule has 2 amide bonds. The van der Waals surface area contributed by atoms with Gasteiger partial charge in [-0.3, -0.25) is 0 Å². The topological polar surface area (TPSA) is 38.8 Å².